The van der Waals surface area contributed by atoms with Crippen molar-refractivity contribution in [1.82, 2.24) is 0 Å². The maximum Gasteiger partial charge on any atom is 0.0700 e. The summed E-state index contributed by atoms with van der Waals surface area (Å²) in [4.78, 5) is 0. The predicted molar refractivity (Wildman–Crippen MR) is 64.1 cm³/mol. The number of alkyl halides is 1. The van der Waals surface area contributed by atoms with Gasteiger partial charge in [0.05, 0.1) is 13.2 Å². The second-order valence-electron chi connectivity index (χ2n) is 4.61. The third kappa shape index (κ3) is 6.80. The van der Waals surface area contributed by atoms with Crippen LogP contribution in [0.25, 0.3) is 0 Å². The summed E-state index contributed by atoms with van der Waals surface area (Å²) in [6.45, 7) is 9.04. The summed E-state index contributed by atoms with van der Waals surface area (Å²) in [5.41, 5.74) is 0.355. The van der Waals surface area contributed by atoms with E-state index in [1.165, 1.54) is 0 Å². The summed E-state index contributed by atoms with van der Waals surface area (Å²) in [5.74, 6) is 0.671. The molecule has 1 unspecified atom stereocenters. The van der Waals surface area contributed by atoms with Crippen molar-refractivity contribution in [2.45, 2.75) is 27.2 Å². The van der Waals surface area contributed by atoms with Crippen LogP contribution in [0, 0.1) is 11.3 Å². The van der Waals surface area contributed by atoms with E-state index in [1.807, 2.05) is 0 Å². The van der Waals surface area contributed by atoms with Crippen LogP contribution in [0.5, 0.6) is 0 Å². The fourth-order valence-corrected chi connectivity index (χ4v) is 2.51. The monoisotopic (exact) mass is 266 g/mol. The van der Waals surface area contributed by atoms with Crippen LogP contribution < -0.4 is 0 Å². The van der Waals surface area contributed by atoms with Crippen molar-refractivity contribution in [3.63, 3.8) is 0 Å². The minimum absolute atomic E-state index is 0.355. The molecule has 0 fully saturated rings. The largest absolute Gasteiger partial charge is 0.382 e. The van der Waals surface area contributed by atoms with Gasteiger partial charge in [-0.1, -0.05) is 36.7 Å². The Labute approximate surface area is 96.5 Å². The molecule has 2 nitrogen and oxygen atoms in total. The molecule has 0 saturated carbocycles. The SMILES string of the molecule is COCCOCCC(CBr)C(C)(C)C. The Kier molecular flexibility index (Phi) is 7.88. The van der Waals surface area contributed by atoms with Gasteiger partial charge in [-0.15, -0.1) is 0 Å². The highest BCUT2D eigenvalue weighted by Crippen LogP contribution is 2.29. The minimum atomic E-state index is 0.355. The van der Waals surface area contributed by atoms with Gasteiger partial charge in [-0.3, -0.25) is 0 Å². The van der Waals surface area contributed by atoms with Crippen molar-refractivity contribution in [1.29, 1.82) is 0 Å². The lowest BCUT2D eigenvalue weighted by Crippen LogP contribution is -2.23. The standard InChI is InChI=1S/C11H23BrO2/c1-11(2,3)10(9-12)5-6-14-8-7-13-4/h10H,5-9H2,1-4H3. The van der Waals surface area contributed by atoms with Gasteiger partial charge in [0, 0.05) is 19.0 Å². The molecule has 0 radical (unpaired) electrons. The van der Waals surface area contributed by atoms with Gasteiger partial charge < -0.3 is 9.47 Å². The second kappa shape index (κ2) is 7.66. The van der Waals surface area contributed by atoms with Crippen molar-refractivity contribution in [3.8, 4) is 0 Å². The quantitative estimate of drug-likeness (QED) is 0.521. The molecule has 0 N–H and O–H groups in total. The molecule has 0 saturated heterocycles. The molecule has 0 aliphatic rings. The first kappa shape index (κ1) is 14.4. The maximum atomic E-state index is 5.46. The van der Waals surface area contributed by atoms with Crippen LogP contribution in [-0.4, -0.2) is 32.3 Å². The van der Waals surface area contributed by atoms with Crippen molar-refractivity contribution in [2.24, 2.45) is 11.3 Å². The molecular formula is C11H23BrO2. The first-order chi connectivity index (χ1) is 6.52. The van der Waals surface area contributed by atoms with E-state index < -0.39 is 0 Å². The molecule has 14 heavy (non-hydrogen) atoms. The van der Waals surface area contributed by atoms with Crippen LogP contribution in [0.4, 0.5) is 0 Å². The molecule has 0 aromatic heterocycles. The van der Waals surface area contributed by atoms with Crippen LogP contribution in [-0.2, 0) is 9.47 Å². The molecule has 0 aliphatic heterocycles. The summed E-state index contributed by atoms with van der Waals surface area (Å²) < 4.78 is 10.4. The average molecular weight is 267 g/mol. The van der Waals surface area contributed by atoms with E-state index in [4.69, 9.17) is 9.47 Å². The van der Waals surface area contributed by atoms with Gasteiger partial charge in [-0.25, -0.2) is 0 Å². The van der Waals surface area contributed by atoms with Gasteiger partial charge in [0.2, 0.25) is 0 Å². The zero-order valence-electron chi connectivity index (χ0n) is 9.81. The number of ether oxygens (including phenoxy) is 2. The Morgan fingerprint density at radius 1 is 1.14 bits per heavy atom. The van der Waals surface area contributed by atoms with Gasteiger partial charge >= 0.3 is 0 Å². The average Bonchev–Trinajstić information content (AvgIpc) is 2.09. The maximum absolute atomic E-state index is 5.46. The van der Waals surface area contributed by atoms with Gasteiger partial charge in [-0.2, -0.15) is 0 Å². The molecule has 0 bridgehead atoms. The van der Waals surface area contributed by atoms with Gasteiger partial charge in [-0.05, 0) is 17.8 Å². The molecule has 1 atom stereocenters. The lowest BCUT2D eigenvalue weighted by molar-refractivity contribution is 0.0571. The lowest BCUT2D eigenvalue weighted by Gasteiger charge is -2.29. The van der Waals surface area contributed by atoms with Crippen LogP contribution >= 0.6 is 15.9 Å². The Hall–Kier alpha value is 0.400. The Morgan fingerprint density at radius 3 is 2.21 bits per heavy atom. The number of rotatable bonds is 7. The van der Waals surface area contributed by atoms with Crippen LogP contribution in [0.3, 0.4) is 0 Å². The molecule has 3 heteroatoms. The normalized spacial score (nSPS) is 14.4. The van der Waals surface area contributed by atoms with E-state index in [-0.39, 0.29) is 0 Å². The molecule has 86 valence electrons. The Morgan fingerprint density at radius 2 is 1.79 bits per heavy atom. The number of methoxy groups -OCH3 is 1. The zero-order valence-corrected chi connectivity index (χ0v) is 11.4. The molecule has 0 aromatic carbocycles. The summed E-state index contributed by atoms with van der Waals surface area (Å²) in [6.07, 6.45) is 1.11. The fraction of sp³-hybridized carbons (Fsp3) is 1.00. The van der Waals surface area contributed by atoms with Crippen LogP contribution in [0.2, 0.25) is 0 Å². The minimum Gasteiger partial charge on any atom is -0.382 e. The highest BCUT2D eigenvalue weighted by molar-refractivity contribution is 9.09. The zero-order chi connectivity index (χ0) is 11.0. The van der Waals surface area contributed by atoms with E-state index >= 15 is 0 Å². The fourth-order valence-electron chi connectivity index (χ4n) is 1.21. The Bertz CT molecular complexity index is 132. The number of hydrogen-bond acceptors (Lipinski definition) is 2. The summed E-state index contributed by atoms with van der Waals surface area (Å²) in [5, 5.41) is 1.05. The Balaban J connectivity index is 3.54. The van der Waals surface area contributed by atoms with Crippen molar-refractivity contribution in [2.75, 3.05) is 32.3 Å². The van der Waals surface area contributed by atoms with Gasteiger partial charge in [0.15, 0.2) is 0 Å². The molecule has 0 aromatic rings. The molecular weight excluding hydrogens is 244 g/mol. The van der Waals surface area contributed by atoms with E-state index in [1.54, 1.807) is 7.11 Å². The first-order valence-corrected chi connectivity index (χ1v) is 6.27. The summed E-state index contributed by atoms with van der Waals surface area (Å²) in [7, 11) is 1.69. The van der Waals surface area contributed by atoms with Crippen LogP contribution in [0.1, 0.15) is 27.2 Å². The molecule has 0 amide bonds. The molecule has 0 heterocycles. The molecule has 0 rings (SSSR count). The summed E-state index contributed by atoms with van der Waals surface area (Å²) in [6, 6.07) is 0. The van der Waals surface area contributed by atoms with Crippen molar-refractivity contribution in [3.05, 3.63) is 0 Å². The van der Waals surface area contributed by atoms with E-state index in [0.717, 1.165) is 18.4 Å². The predicted octanol–water partition coefficient (Wildman–Crippen LogP) is 3.10. The van der Waals surface area contributed by atoms with Crippen LogP contribution in [0.15, 0.2) is 0 Å². The summed E-state index contributed by atoms with van der Waals surface area (Å²) >= 11 is 3.55. The third-order valence-electron chi connectivity index (χ3n) is 2.45. The lowest BCUT2D eigenvalue weighted by atomic mass is 9.80. The van der Waals surface area contributed by atoms with Gasteiger partial charge in [0.1, 0.15) is 0 Å². The highest BCUT2D eigenvalue weighted by Gasteiger charge is 2.22. The van der Waals surface area contributed by atoms with E-state index in [0.29, 0.717) is 24.5 Å². The highest BCUT2D eigenvalue weighted by atomic mass is 79.9. The van der Waals surface area contributed by atoms with Crippen molar-refractivity contribution >= 4 is 15.9 Å². The number of halogens is 1. The second-order valence-corrected chi connectivity index (χ2v) is 5.26. The van der Waals surface area contributed by atoms with E-state index in [2.05, 4.69) is 36.7 Å². The third-order valence-corrected chi connectivity index (χ3v) is 3.24. The topological polar surface area (TPSA) is 18.5 Å². The smallest absolute Gasteiger partial charge is 0.0700 e. The van der Waals surface area contributed by atoms with E-state index in [9.17, 15) is 0 Å². The van der Waals surface area contributed by atoms with Gasteiger partial charge in [0.25, 0.3) is 0 Å². The van der Waals surface area contributed by atoms with Crippen molar-refractivity contribution < 1.29 is 9.47 Å². The molecule has 0 spiro atoms. The number of hydrogen-bond donors (Lipinski definition) is 0. The molecule has 0 aliphatic carbocycles. The first-order valence-electron chi connectivity index (χ1n) is 5.15.